The Labute approximate surface area is 163 Å². The third-order valence-corrected chi connectivity index (χ3v) is 4.50. The maximum Gasteiger partial charge on any atom is 0.329 e. The van der Waals surface area contributed by atoms with Gasteiger partial charge < -0.3 is 24.3 Å². The van der Waals surface area contributed by atoms with Crippen molar-refractivity contribution < 1.29 is 19.3 Å². The number of fused-ring (bicyclic) bond motifs is 1. The topological polar surface area (TPSA) is 149 Å². The van der Waals surface area contributed by atoms with Crippen molar-refractivity contribution in [1.82, 2.24) is 19.5 Å². The smallest absolute Gasteiger partial charge is 0.329 e. The summed E-state index contributed by atoms with van der Waals surface area (Å²) < 4.78 is 16.8. The van der Waals surface area contributed by atoms with Crippen LogP contribution in [0.1, 0.15) is 17.4 Å². The van der Waals surface area contributed by atoms with Crippen LogP contribution in [0.5, 0.6) is 17.2 Å². The van der Waals surface area contributed by atoms with Crippen molar-refractivity contribution in [3.05, 3.63) is 54.6 Å². The normalized spacial score (nSPS) is 12.0. The lowest BCUT2D eigenvalue weighted by Crippen LogP contribution is -2.32. The lowest BCUT2D eigenvalue weighted by Gasteiger charge is -2.17. The van der Waals surface area contributed by atoms with Crippen molar-refractivity contribution in [2.24, 2.45) is 7.05 Å². The minimum atomic E-state index is -1.15. The molecule has 3 N–H and O–H groups in total. The molecule has 0 saturated carbocycles. The number of aryl methyl sites for hydroxylation is 1. The Kier molecular flexibility index (Phi) is 5.41. The SMILES string of the molecule is COc1cc(C(O)Cc2nc3c(=O)[nH]c(=O)n(C)c3[nH]c2=O)cc(OC)c1OC. The second-order valence-corrected chi connectivity index (χ2v) is 6.21. The second-order valence-electron chi connectivity index (χ2n) is 6.21. The third-order valence-electron chi connectivity index (χ3n) is 4.50. The molecule has 0 amide bonds. The molecule has 1 unspecified atom stereocenters. The molecule has 2 heterocycles. The van der Waals surface area contributed by atoms with Crippen LogP contribution >= 0.6 is 0 Å². The van der Waals surface area contributed by atoms with Gasteiger partial charge in [-0.1, -0.05) is 0 Å². The molecule has 0 aliphatic carbocycles. The van der Waals surface area contributed by atoms with Gasteiger partial charge in [0, 0.05) is 13.5 Å². The molecule has 11 heteroatoms. The fourth-order valence-electron chi connectivity index (χ4n) is 2.95. The molecule has 3 rings (SSSR count). The van der Waals surface area contributed by atoms with E-state index in [0.29, 0.717) is 22.8 Å². The summed E-state index contributed by atoms with van der Waals surface area (Å²) in [5, 5.41) is 10.7. The molecule has 1 aromatic carbocycles. The summed E-state index contributed by atoms with van der Waals surface area (Å²) in [4.78, 5) is 44.8. The highest BCUT2D eigenvalue weighted by Gasteiger charge is 2.20. The molecule has 0 fully saturated rings. The van der Waals surface area contributed by atoms with Crippen molar-refractivity contribution in [2.75, 3.05) is 21.3 Å². The Morgan fingerprint density at radius 1 is 1.03 bits per heavy atom. The Bertz CT molecular complexity index is 1220. The van der Waals surface area contributed by atoms with Gasteiger partial charge in [0.15, 0.2) is 17.0 Å². The molecular weight excluding hydrogens is 384 g/mol. The van der Waals surface area contributed by atoms with E-state index in [-0.39, 0.29) is 23.3 Å². The predicted molar refractivity (Wildman–Crippen MR) is 103 cm³/mol. The fraction of sp³-hybridized carbons (Fsp3) is 0.333. The average Bonchev–Trinajstić information content (AvgIpc) is 2.71. The third kappa shape index (κ3) is 3.59. The van der Waals surface area contributed by atoms with Crippen molar-refractivity contribution in [2.45, 2.75) is 12.5 Å². The van der Waals surface area contributed by atoms with E-state index in [1.165, 1.54) is 28.4 Å². The molecule has 0 aliphatic rings. The minimum Gasteiger partial charge on any atom is -0.493 e. The molecule has 11 nitrogen and oxygen atoms in total. The first-order valence-corrected chi connectivity index (χ1v) is 8.50. The number of hydrogen-bond acceptors (Lipinski definition) is 8. The number of aliphatic hydroxyl groups is 1. The van der Waals surface area contributed by atoms with Gasteiger partial charge in [-0.15, -0.1) is 0 Å². The van der Waals surface area contributed by atoms with Crippen LogP contribution in [0.4, 0.5) is 0 Å². The van der Waals surface area contributed by atoms with Gasteiger partial charge in [0.25, 0.3) is 11.1 Å². The number of aromatic nitrogens is 4. The van der Waals surface area contributed by atoms with Gasteiger partial charge in [-0.05, 0) is 17.7 Å². The van der Waals surface area contributed by atoms with Crippen LogP contribution in [-0.2, 0) is 13.5 Å². The number of benzene rings is 1. The highest BCUT2D eigenvalue weighted by Crippen LogP contribution is 2.40. The van der Waals surface area contributed by atoms with Gasteiger partial charge >= 0.3 is 5.69 Å². The van der Waals surface area contributed by atoms with Gasteiger partial charge in [-0.2, -0.15) is 0 Å². The van der Waals surface area contributed by atoms with Crippen LogP contribution in [0, 0.1) is 0 Å². The Balaban J connectivity index is 2.05. The minimum absolute atomic E-state index is 0.00484. The van der Waals surface area contributed by atoms with E-state index in [0.717, 1.165) is 4.57 Å². The molecule has 0 saturated heterocycles. The summed E-state index contributed by atoms with van der Waals surface area (Å²) in [5.74, 6) is 1.04. The average molecular weight is 404 g/mol. The van der Waals surface area contributed by atoms with Crippen molar-refractivity contribution >= 4 is 11.2 Å². The number of hydrogen-bond donors (Lipinski definition) is 3. The van der Waals surface area contributed by atoms with E-state index >= 15 is 0 Å². The molecule has 0 bridgehead atoms. The van der Waals surface area contributed by atoms with E-state index in [9.17, 15) is 19.5 Å². The summed E-state index contributed by atoms with van der Waals surface area (Å²) in [7, 11) is 5.74. The van der Waals surface area contributed by atoms with E-state index in [1.807, 2.05) is 0 Å². The Morgan fingerprint density at radius 3 is 2.21 bits per heavy atom. The molecule has 0 aliphatic heterocycles. The van der Waals surface area contributed by atoms with Crippen LogP contribution in [0.25, 0.3) is 11.2 Å². The maximum atomic E-state index is 12.4. The quantitative estimate of drug-likeness (QED) is 0.503. The number of aromatic amines is 2. The summed E-state index contributed by atoms with van der Waals surface area (Å²) in [6.07, 6.45) is -1.34. The number of rotatable bonds is 6. The van der Waals surface area contributed by atoms with Crippen molar-refractivity contribution in [1.29, 1.82) is 0 Å². The van der Waals surface area contributed by atoms with Crippen molar-refractivity contribution in [3.63, 3.8) is 0 Å². The maximum absolute atomic E-state index is 12.4. The van der Waals surface area contributed by atoms with Crippen LogP contribution in [0.3, 0.4) is 0 Å². The highest BCUT2D eigenvalue weighted by molar-refractivity contribution is 5.68. The zero-order valence-corrected chi connectivity index (χ0v) is 16.2. The summed E-state index contributed by atoms with van der Waals surface area (Å²) in [6.45, 7) is 0. The number of nitrogens with one attached hydrogen (secondary N) is 2. The van der Waals surface area contributed by atoms with E-state index < -0.39 is 22.9 Å². The number of nitrogens with zero attached hydrogens (tertiary/aromatic N) is 2. The Morgan fingerprint density at radius 2 is 1.66 bits per heavy atom. The second kappa shape index (κ2) is 7.80. The fourth-order valence-corrected chi connectivity index (χ4v) is 2.95. The lowest BCUT2D eigenvalue weighted by molar-refractivity contribution is 0.175. The molecule has 1 atom stereocenters. The molecule has 29 heavy (non-hydrogen) atoms. The van der Waals surface area contributed by atoms with Crippen LogP contribution in [-0.4, -0.2) is 46.0 Å². The van der Waals surface area contributed by atoms with Crippen molar-refractivity contribution in [3.8, 4) is 17.2 Å². The first-order chi connectivity index (χ1) is 13.8. The van der Waals surface area contributed by atoms with E-state index in [1.54, 1.807) is 12.1 Å². The number of aliphatic hydroxyl groups excluding tert-OH is 1. The summed E-state index contributed by atoms with van der Waals surface area (Å²) in [6, 6.07) is 3.11. The van der Waals surface area contributed by atoms with Gasteiger partial charge in [-0.3, -0.25) is 19.1 Å². The first kappa shape index (κ1) is 20.1. The van der Waals surface area contributed by atoms with Gasteiger partial charge in [0.05, 0.1) is 27.4 Å². The van der Waals surface area contributed by atoms with Crippen LogP contribution in [0.2, 0.25) is 0 Å². The molecule has 3 aromatic rings. The van der Waals surface area contributed by atoms with E-state index in [2.05, 4.69) is 15.0 Å². The summed E-state index contributed by atoms with van der Waals surface area (Å²) >= 11 is 0. The largest absolute Gasteiger partial charge is 0.493 e. The zero-order valence-electron chi connectivity index (χ0n) is 16.2. The highest BCUT2D eigenvalue weighted by atomic mass is 16.5. The molecular formula is C18H20N4O7. The molecule has 2 aromatic heterocycles. The van der Waals surface area contributed by atoms with Gasteiger partial charge in [-0.25, -0.2) is 9.78 Å². The number of ether oxygens (including phenoxy) is 3. The molecule has 0 spiro atoms. The standard InChI is InChI=1S/C18H20N4O7/c1-22-15-13(17(25)21-18(22)26)19-9(16(24)20-15)7-10(23)8-5-11(27-2)14(29-4)12(6-8)28-3/h5-6,10,23H,7H2,1-4H3,(H,20,24)(H,21,25,26). The van der Waals surface area contributed by atoms with Crippen LogP contribution < -0.4 is 31.0 Å². The van der Waals surface area contributed by atoms with Gasteiger partial charge in [0.1, 0.15) is 11.3 Å². The predicted octanol–water partition coefficient (Wildman–Crippen LogP) is -0.388. The summed E-state index contributed by atoms with van der Waals surface area (Å²) in [5.41, 5.74) is -1.82. The Hall–Kier alpha value is -3.60. The number of methoxy groups -OCH3 is 3. The monoisotopic (exact) mass is 404 g/mol. The molecule has 0 radical (unpaired) electrons. The lowest BCUT2D eigenvalue weighted by atomic mass is 10.0. The van der Waals surface area contributed by atoms with Gasteiger partial charge in [0.2, 0.25) is 5.75 Å². The zero-order chi connectivity index (χ0) is 21.3. The number of H-pyrrole nitrogens is 2. The first-order valence-electron chi connectivity index (χ1n) is 8.50. The molecule has 154 valence electrons. The van der Waals surface area contributed by atoms with Crippen LogP contribution in [0.15, 0.2) is 26.5 Å². The van der Waals surface area contributed by atoms with E-state index in [4.69, 9.17) is 14.2 Å².